The van der Waals surface area contributed by atoms with Crippen LogP contribution in [0, 0.1) is 6.92 Å². The van der Waals surface area contributed by atoms with Gasteiger partial charge in [-0.3, -0.25) is 14.8 Å². The maximum atomic E-state index is 11.6. The van der Waals surface area contributed by atoms with Gasteiger partial charge in [0.25, 0.3) is 0 Å². The second kappa shape index (κ2) is 11.7. The highest BCUT2D eigenvalue weighted by atomic mass is 32.2. The number of hydrogen-bond donors (Lipinski definition) is 2. The van der Waals surface area contributed by atoms with Crippen LogP contribution in [0.2, 0.25) is 0 Å². The van der Waals surface area contributed by atoms with Crippen LogP contribution in [-0.2, 0) is 0 Å². The standard InChI is InChI=1S/C25H34N8O2S/c1-17-16-21(30-29-17)26-23-22(35-5)24(33-14-12-32(13-15-33)11-10-31(3)4)28-25(27-23)36-20-8-6-19(7-9-20)18(2)34/h6-9,16H,10-15H2,1-5H3,(H2,26,27,28,29,30). The molecule has 2 aromatic heterocycles. The van der Waals surface area contributed by atoms with Crippen molar-refractivity contribution in [3.63, 3.8) is 0 Å². The summed E-state index contributed by atoms with van der Waals surface area (Å²) in [4.78, 5) is 29.2. The van der Waals surface area contributed by atoms with Gasteiger partial charge in [0.2, 0.25) is 5.75 Å². The number of rotatable bonds is 10. The topological polar surface area (TPSA) is 103 Å². The van der Waals surface area contributed by atoms with Gasteiger partial charge in [-0.2, -0.15) is 5.10 Å². The molecule has 0 atom stereocenters. The number of carbonyl (C=O) groups excluding carboxylic acids is 1. The highest BCUT2D eigenvalue weighted by Crippen LogP contribution is 2.38. The van der Waals surface area contributed by atoms with Crippen LogP contribution in [0.5, 0.6) is 5.75 Å². The molecule has 0 aliphatic carbocycles. The van der Waals surface area contributed by atoms with Gasteiger partial charge in [-0.25, -0.2) is 9.97 Å². The number of aromatic amines is 1. The summed E-state index contributed by atoms with van der Waals surface area (Å²) in [6, 6.07) is 9.41. The highest BCUT2D eigenvalue weighted by Gasteiger charge is 2.25. The van der Waals surface area contributed by atoms with Gasteiger partial charge in [0.1, 0.15) is 0 Å². The van der Waals surface area contributed by atoms with E-state index < -0.39 is 0 Å². The summed E-state index contributed by atoms with van der Waals surface area (Å²) >= 11 is 1.45. The minimum atomic E-state index is 0.0417. The number of piperazine rings is 1. The van der Waals surface area contributed by atoms with Crippen LogP contribution in [0.1, 0.15) is 23.0 Å². The molecule has 0 unspecified atom stereocenters. The lowest BCUT2D eigenvalue weighted by molar-refractivity contribution is 0.101. The smallest absolute Gasteiger partial charge is 0.204 e. The van der Waals surface area contributed by atoms with Crippen molar-refractivity contribution < 1.29 is 9.53 Å². The molecular weight excluding hydrogens is 476 g/mol. The van der Waals surface area contributed by atoms with Crippen molar-refractivity contribution >= 4 is 35.0 Å². The maximum absolute atomic E-state index is 11.6. The summed E-state index contributed by atoms with van der Waals surface area (Å²) in [7, 11) is 5.85. The summed E-state index contributed by atoms with van der Waals surface area (Å²) in [6.07, 6.45) is 0. The summed E-state index contributed by atoms with van der Waals surface area (Å²) in [5.41, 5.74) is 1.62. The van der Waals surface area contributed by atoms with Crippen LogP contribution in [-0.4, -0.2) is 96.2 Å². The van der Waals surface area contributed by atoms with E-state index >= 15 is 0 Å². The lowest BCUT2D eigenvalue weighted by atomic mass is 10.2. The van der Waals surface area contributed by atoms with E-state index in [9.17, 15) is 4.79 Å². The quantitative estimate of drug-likeness (QED) is 0.312. The summed E-state index contributed by atoms with van der Waals surface area (Å²) in [5.74, 6) is 2.61. The molecule has 0 saturated carbocycles. The third-order valence-corrected chi connectivity index (χ3v) is 6.86. The number of likely N-dealkylation sites (N-methyl/N-ethyl adjacent to an activating group) is 1. The first-order valence-electron chi connectivity index (χ1n) is 12.0. The van der Waals surface area contributed by atoms with Crippen molar-refractivity contribution in [2.45, 2.75) is 23.9 Å². The number of aromatic nitrogens is 4. The van der Waals surface area contributed by atoms with Gasteiger partial charge in [-0.15, -0.1) is 0 Å². The van der Waals surface area contributed by atoms with Crippen LogP contribution >= 0.6 is 11.8 Å². The van der Waals surface area contributed by atoms with E-state index in [0.29, 0.717) is 28.1 Å². The van der Waals surface area contributed by atoms with E-state index in [-0.39, 0.29) is 5.78 Å². The van der Waals surface area contributed by atoms with Crippen molar-refractivity contribution in [1.29, 1.82) is 0 Å². The molecule has 10 nitrogen and oxygen atoms in total. The van der Waals surface area contributed by atoms with E-state index in [4.69, 9.17) is 14.7 Å². The second-order valence-electron chi connectivity index (χ2n) is 9.09. The predicted octanol–water partition coefficient (Wildman–Crippen LogP) is 3.30. The summed E-state index contributed by atoms with van der Waals surface area (Å²) < 4.78 is 5.83. The fourth-order valence-electron chi connectivity index (χ4n) is 3.94. The fourth-order valence-corrected chi connectivity index (χ4v) is 4.69. The normalized spacial score (nSPS) is 14.3. The summed E-state index contributed by atoms with van der Waals surface area (Å²) in [5, 5.41) is 11.1. The van der Waals surface area contributed by atoms with Gasteiger partial charge < -0.3 is 19.9 Å². The molecule has 3 heterocycles. The number of carbonyl (C=O) groups is 1. The number of Topliss-reactive ketones (excluding diaryl/α,β-unsaturated/α-hetero) is 1. The van der Waals surface area contributed by atoms with Crippen molar-refractivity contribution in [3.05, 3.63) is 41.6 Å². The van der Waals surface area contributed by atoms with Crippen LogP contribution in [0.4, 0.5) is 17.5 Å². The van der Waals surface area contributed by atoms with E-state index in [2.05, 4.69) is 44.3 Å². The molecule has 11 heteroatoms. The van der Waals surface area contributed by atoms with Crippen molar-refractivity contribution in [2.24, 2.45) is 0 Å². The van der Waals surface area contributed by atoms with Gasteiger partial charge >= 0.3 is 0 Å². The number of ether oxygens (including phenoxy) is 1. The number of H-pyrrole nitrogens is 1. The number of aryl methyl sites for hydroxylation is 1. The number of methoxy groups -OCH3 is 1. The molecule has 4 rings (SSSR count). The molecule has 1 aliphatic rings. The first-order chi connectivity index (χ1) is 17.3. The monoisotopic (exact) mass is 510 g/mol. The zero-order valence-corrected chi connectivity index (χ0v) is 22.4. The van der Waals surface area contributed by atoms with E-state index in [1.54, 1.807) is 14.0 Å². The molecule has 1 saturated heterocycles. The van der Waals surface area contributed by atoms with Gasteiger partial charge in [-0.1, -0.05) is 12.1 Å². The molecule has 192 valence electrons. The Hall–Kier alpha value is -3.15. The number of nitrogens with one attached hydrogen (secondary N) is 2. The van der Waals surface area contributed by atoms with Crippen LogP contribution < -0.4 is 15.0 Å². The first kappa shape index (κ1) is 25.9. The first-order valence-corrected chi connectivity index (χ1v) is 12.8. The predicted molar refractivity (Wildman–Crippen MR) is 143 cm³/mol. The van der Waals surface area contributed by atoms with Crippen LogP contribution in [0.3, 0.4) is 0 Å². The lowest BCUT2D eigenvalue weighted by Gasteiger charge is -2.36. The van der Waals surface area contributed by atoms with E-state index in [1.165, 1.54) is 11.8 Å². The third kappa shape index (κ3) is 6.54. The number of benzene rings is 1. The Morgan fingerprint density at radius 3 is 2.47 bits per heavy atom. The number of nitrogens with zero attached hydrogens (tertiary/aromatic N) is 6. The maximum Gasteiger partial charge on any atom is 0.204 e. The lowest BCUT2D eigenvalue weighted by Crippen LogP contribution is -2.48. The molecule has 36 heavy (non-hydrogen) atoms. The van der Waals surface area contributed by atoms with Gasteiger partial charge in [0, 0.05) is 61.5 Å². The molecule has 1 aromatic carbocycles. The molecule has 2 N–H and O–H groups in total. The molecular formula is C25H34N8O2S. The van der Waals surface area contributed by atoms with Gasteiger partial charge in [0.05, 0.1) is 7.11 Å². The van der Waals surface area contributed by atoms with E-state index in [0.717, 1.165) is 55.7 Å². The fraction of sp³-hybridized carbons (Fsp3) is 0.440. The van der Waals surface area contributed by atoms with Crippen LogP contribution in [0.15, 0.2) is 40.4 Å². The van der Waals surface area contributed by atoms with Crippen molar-refractivity contribution in [1.82, 2.24) is 30.0 Å². The van der Waals surface area contributed by atoms with Crippen LogP contribution in [0.25, 0.3) is 0 Å². The largest absolute Gasteiger partial charge is 0.490 e. The number of ketones is 1. The molecule has 0 radical (unpaired) electrons. The van der Waals surface area contributed by atoms with Gasteiger partial charge in [0.15, 0.2) is 28.4 Å². The molecule has 3 aromatic rings. The average Bonchev–Trinajstić information content (AvgIpc) is 3.27. The molecule has 0 bridgehead atoms. The van der Waals surface area contributed by atoms with Crippen molar-refractivity contribution in [2.75, 3.05) is 70.7 Å². The summed E-state index contributed by atoms with van der Waals surface area (Å²) in [6.45, 7) is 9.20. The van der Waals surface area contributed by atoms with Crippen molar-refractivity contribution in [3.8, 4) is 5.75 Å². The molecule has 0 spiro atoms. The Bertz CT molecular complexity index is 1170. The minimum absolute atomic E-state index is 0.0417. The zero-order chi connectivity index (χ0) is 25.7. The zero-order valence-electron chi connectivity index (χ0n) is 21.5. The minimum Gasteiger partial charge on any atom is -0.490 e. The molecule has 0 amide bonds. The Labute approximate surface area is 216 Å². The highest BCUT2D eigenvalue weighted by molar-refractivity contribution is 7.99. The Kier molecular flexibility index (Phi) is 8.44. The Morgan fingerprint density at radius 1 is 1.17 bits per heavy atom. The van der Waals surface area contributed by atoms with Gasteiger partial charge in [-0.05, 0) is 51.8 Å². The number of hydrogen-bond acceptors (Lipinski definition) is 10. The third-order valence-electron chi connectivity index (χ3n) is 5.99. The second-order valence-corrected chi connectivity index (χ2v) is 10.1. The van der Waals surface area contributed by atoms with E-state index in [1.807, 2.05) is 37.3 Å². The molecule has 1 fully saturated rings. The Balaban J connectivity index is 1.62. The SMILES string of the molecule is COc1c(Nc2cc(C)[nH]n2)nc(Sc2ccc(C(C)=O)cc2)nc1N1CCN(CCN(C)C)CC1. The molecule has 1 aliphatic heterocycles. The average molecular weight is 511 g/mol. The Morgan fingerprint density at radius 2 is 1.89 bits per heavy atom. The number of anilines is 3.